The molecule has 1 heterocycles. The predicted molar refractivity (Wildman–Crippen MR) is 133 cm³/mol. The third kappa shape index (κ3) is 5.55. The minimum absolute atomic E-state index is 0.0263. The second kappa shape index (κ2) is 10.4. The van der Waals surface area contributed by atoms with Crippen LogP contribution in [0.25, 0.3) is 0 Å². The van der Waals surface area contributed by atoms with E-state index >= 15 is 0 Å². The molecule has 2 aromatic carbocycles. The number of nitrogens with two attached hydrogens (primary N) is 1. The zero-order valence-corrected chi connectivity index (χ0v) is 20.6. The van der Waals surface area contributed by atoms with Crippen LogP contribution in [0.2, 0.25) is 0 Å². The fourth-order valence-corrected chi connectivity index (χ4v) is 5.26. The summed E-state index contributed by atoms with van der Waals surface area (Å²) in [6, 6.07) is 7.43. The molecule has 0 bridgehead atoms. The van der Waals surface area contributed by atoms with Gasteiger partial charge in [0.2, 0.25) is 5.91 Å². The fraction of sp³-hybridized carbons (Fsp3) is 0.357. The minimum Gasteiger partial charge on any atom is -0.399 e. The first-order chi connectivity index (χ1) is 17.5. The molecule has 3 atom stereocenters. The van der Waals surface area contributed by atoms with Crippen LogP contribution in [-0.4, -0.2) is 29.3 Å². The zero-order chi connectivity index (χ0) is 26.9. The highest BCUT2D eigenvalue weighted by molar-refractivity contribution is 5.98. The van der Waals surface area contributed by atoms with Crippen molar-refractivity contribution in [3.05, 3.63) is 88.4 Å². The molecule has 2 unspecified atom stereocenters. The van der Waals surface area contributed by atoms with Gasteiger partial charge in [0.15, 0.2) is 0 Å². The van der Waals surface area contributed by atoms with E-state index in [1.807, 2.05) is 6.08 Å². The molecule has 0 spiro atoms. The lowest BCUT2D eigenvalue weighted by Gasteiger charge is -2.44. The van der Waals surface area contributed by atoms with E-state index in [4.69, 9.17) is 5.73 Å². The number of hydrogen-bond acceptors (Lipinski definition) is 3. The van der Waals surface area contributed by atoms with E-state index < -0.39 is 41.3 Å². The van der Waals surface area contributed by atoms with Gasteiger partial charge in [0.25, 0.3) is 5.91 Å². The van der Waals surface area contributed by atoms with Crippen LogP contribution >= 0.6 is 0 Å². The molecule has 4 rings (SSSR count). The number of hydrogen-bond donors (Lipinski definition) is 2. The smallest absolute Gasteiger partial charge is 0.399 e. The number of allylic oxidation sites excluding steroid dienone is 2. The topological polar surface area (TPSA) is 75.4 Å². The van der Waals surface area contributed by atoms with E-state index in [0.717, 1.165) is 6.07 Å². The lowest BCUT2D eigenvalue weighted by molar-refractivity contribution is -0.138. The van der Waals surface area contributed by atoms with Crippen LogP contribution in [0.1, 0.15) is 46.3 Å². The van der Waals surface area contributed by atoms with Crippen LogP contribution < -0.4 is 11.1 Å². The number of rotatable bonds is 4. The molecule has 1 fully saturated rings. The summed E-state index contributed by atoms with van der Waals surface area (Å²) in [7, 11) is 0. The molecule has 0 radical (unpaired) electrons. The van der Waals surface area contributed by atoms with Gasteiger partial charge in [0.1, 0.15) is 5.82 Å². The van der Waals surface area contributed by atoms with Gasteiger partial charge in [0, 0.05) is 23.8 Å². The van der Waals surface area contributed by atoms with Gasteiger partial charge in [-0.1, -0.05) is 30.4 Å². The zero-order valence-electron chi connectivity index (χ0n) is 20.6. The first kappa shape index (κ1) is 26.4. The molecule has 0 aromatic heterocycles. The van der Waals surface area contributed by atoms with Gasteiger partial charge >= 0.3 is 6.18 Å². The Hall–Kier alpha value is -3.62. The molecule has 1 saturated heterocycles. The Morgan fingerprint density at radius 1 is 1.11 bits per heavy atom. The number of aryl methyl sites for hydroxylation is 2. The lowest BCUT2D eigenvalue weighted by Crippen LogP contribution is -2.55. The van der Waals surface area contributed by atoms with Crippen molar-refractivity contribution in [2.45, 2.75) is 45.3 Å². The quantitative estimate of drug-likeness (QED) is 0.510. The number of alkyl halides is 3. The number of carbonyl (C=O) groups is 2. The number of anilines is 1. The monoisotopic (exact) mass is 515 g/mol. The molecule has 196 valence electrons. The van der Waals surface area contributed by atoms with Crippen molar-refractivity contribution in [2.24, 2.45) is 17.6 Å². The lowest BCUT2D eigenvalue weighted by atomic mass is 9.77. The summed E-state index contributed by atoms with van der Waals surface area (Å²) in [6.45, 7) is 3.33. The number of likely N-dealkylation sites (tertiary alicyclic amines) is 1. The van der Waals surface area contributed by atoms with Crippen LogP contribution in [0.4, 0.5) is 23.2 Å². The normalized spacial score (nSPS) is 21.9. The van der Waals surface area contributed by atoms with Crippen molar-refractivity contribution in [3.63, 3.8) is 0 Å². The van der Waals surface area contributed by atoms with Gasteiger partial charge in [-0.15, -0.1) is 0 Å². The van der Waals surface area contributed by atoms with Gasteiger partial charge < -0.3 is 16.0 Å². The second-order valence-electron chi connectivity index (χ2n) is 9.65. The molecule has 2 aliphatic rings. The third-order valence-electron chi connectivity index (χ3n) is 7.13. The highest BCUT2D eigenvalue weighted by Crippen LogP contribution is 2.37. The molecule has 9 heteroatoms. The van der Waals surface area contributed by atoms with Crippen molar-refractivity contribution >= 4 is 17.5 Å². The summed E-state index contributed by atoms with van der Waals surface area (Å²) >= 11 is 0. The molecule has 1 aliphatic carbocycles. The van der Waals surface area contributed by atoms with Crippen molar-refractivity contribution < 1.29 is 27.2 Å². The number of halogens is 4. The van der Waals surface area contributed by atoms with Gasteiger partial charge in [-0.3, -0.25) is 9.59 Å². The largest absolute Gasteiger partial charge is 0.416 e. The highest BCUT2D eigenvalue weighted by atomic mass is 19.4. The van der Waals surface area contributed by atoms with E-state index in [1.165, 1.54) is 31.2 Å². The number of carbonyl (C=O) groups excluding carboxylic acids is 2. The van der Waals surface area contributed by atoms with Gasteiger partial charge in [-0.25, -0.2) is 4.39 Å². The van der Waals surface area contributed by atoms with Gasteiger partial charge in [-0.05, 0) is 68.5 Å². The average molecular weight is 516 g/mol. The standard InChI is InChI=1S/C28H29F4N3O2/c1-16-8-13-20(15-22(16)28(30,31)32)34-26(36)21-6-4-14-35(25(21)18-9-11-19(33)12-10-18)27(37)24-17(2)5-3-7-23(24)29/h3,5,7-9,11-13,15,18,21,25H,4,6,10,14,33H2,1-2H3,(H,34,36)/t18-,21?,25?/m1/s1. The summed E-state index contributed by atoms with van der Waals surface area (Å²) < 4.78 is 55.0. The average Bonchev–Trinajstić information content (AvgIpc) is 2.84. The SMILES string of the molecule is Cc1ccc(NC(=O)C2CCCN(C(=O)c3c(C)cccc3F)C2[C@@H]2C=CC(N)=CC2)cc1C(F)(F)F. The Kier molecular flexibility index (Phi) is 7.43. The molecule has 5 nitrogen and oxygen atoms in total. The first-order valence-electron chi connectivity index (χ1n) is 12.2. The number of nitrogens with zero attached hydrogens (tertiary/aromatic N) is 1. The molecule has 37 heavy (non-hydrogen) atoms. The molecule has 1 aliphatic heterocycles. The van der Waals surface area contributed by atoms with Crippen LogP contribution in [0.3, 0.4) is 0 Å². The Labute approximate surface area is 213 Å². The summed E-state index contributed by atoms with van der Waals surface area (Å²) in [6.07, 6.45) is 2.19. The summed E-state index contributed by atoms with van der Waals surface area (Å²) in [4.78, 5) is 28.7. The van der Waals surface area contributed by atoms with Crippen LogP contribution in [0, 0.1) is 31.5 Å². The van der Waals surface area contributed by atoms with E-state index in [2.05, 4.69) is 5.32 Å². The van der Waals surface area contributed by atoms with E-state index in [9.17, 15) is 27.2 Å². The fourth-order valence-electron chi connectivity index (χ4n) is 5.26. The maximum absolute atomic E-state index is 14.7. The summed E-state index contributed by atoms with van der Waals surface area (Å²) in [5, 5.41) is 2.64. The van der Waals surface area contributed by atoms with Crippen LogP contribution in [0.5, 0.6) is 0 Å². The predicted octanol–water partition coefficient (Wildman–Crippen LogP) is 5.74. The first-order valence-corrected chi connectivity index (χ1v) is 12.2. The Bertz CT molecular complexity index is 1250. The van der Waals surface area contributed by atoms with Crippen molar-refractivity contribution in [1.29, 1.82) is 0 Å². The number of benzene rings is 2. The molecule has 2 aromatic rings. The highest BCUT2D eigenvalue weighted by Gasteiger charge is 2.43. The minimum atomic E-state index is -4.56. The Morgan fingerprint density at radius 2 is 1.86 bits per heavy atom. The maximum atomic E-state index is 14.7. The van der Waals surface area contributed by atoms with Gasteiger partial charge in [0.05, 0.1) is 23.1 Å². The van der Waals surface area contributed by atoms with Crippen LogP contribution in [0.15, 0.2) is 60.3 Å². The second-order valence-corrected chi connectivity index (χ2v) is 9.65. The van der Waals surface area contributed by atoms with E-state index in [-0.39, 0.29) is 22.7 Å². The molecule has 2 amide bonds. The molecular formula is C28H29F4N3O2. The van der Waals surface area contributed by atoms with E-state index in [0.29, 0.717) is 37.1 Å². The van der Waals surface area contributed by atoms with E-state index in [1.54, 1.807) is 30.0 Å². The van der Waals surface area contributed by atoms with Crippen molar-refractivity contribution in [1.82, 2.24) is 4.90 Å². The molecule has 3 N–H and O–H groups in total. The Balaban J connectivity index is 1.68. The summed E-state index contributed by atoms with van der Waals surface area (Å²) in [5.74, 6) is -2.63. The number of piperidine rings is 1. The number of amides is 2. The van der Waals surface area contributed by atoms with Crippen LogP contribution in [-0.2, 0) is 11.0 Å². The number of nitrogens with one attached hydrogen (secondary N) is 1. The molecular weight excluding hydrogens is 486 g/mol. The molecule has 0 saturated carbocycles. The Morgan fingerprint density at radius 3 is 2.51 bits per heavy atom. The maximum Gasteiger partial charge on any atom is 0.416 e. The van der Waals surface area contributed by atoms with Gasteiger partial charge in [-0.2, -0.15) is 13.2 Å². The third-order valence-corrected chi connectivity index (χ3v) is 7.13. The van der Waals surface area contributed by atoms with Crippen molar-refractivity contribution in [3.8, 4) is 0 Å². The van der Waals surface area contributed by atoms with Crippen molar-refractivity contribution in [2.75, 3.05) is 11.9 Å². The summed E-state index contributed by atoms with van der Waals surface area (Å²) in [5.41, 5.74) is 6.14.